The van der Waals surface area contributed by atoms with Crippen LogP contribution in [0.2, 0.25) is 0 Å². The van der Waals surface area contributed by atoms with Crippen molar-refractivity contribution < 1.29 is 43.7 Å². The Morgan fingerprint density at radius 3 is 2.00 bits per heavy atom. The number of rotatable bonds is 12. The van der Waals surface area contributed by atoms with Gasteiger partial charge in [0.05, 0.1) is 6.54 Å². The maximum atomic E-state index is 12.5. The number of nitrogens with one attached hydrogen (secondary N) is 2. The molecule has 2 rings (SSSR count). The van der Waals surface area contributed by atoms with Crippen molar-refractivity contribution >= 4 is 88.7 Å². The molecule has 0 bridgehead atoms. The van der Waals surface area contributed by atoms with Gasteiger partial charge in [0.1, 0.15) is 0 Å². The van der Waals surface area contributed by atoms with Crippen LogP contribution in [-0.2, 0) is 19.2 Å². The van der Waals surface area contributed by atoms with Gasteiger partial charge in [-0.25, -0.2) is 9.59 Å². The van der Waals surface area contributed by atoms with E-state index in [1.807, 2.05) is 0 Å². The number of hydrogen-bond donors (Lipinski definition) is 4. The van der Waals surface area contributed by atoms with Crippen LogP contribution in [-0.4, -0.2) is 125 Å². The van der Waals surface area contributed by atoms with Gasteiger partial charge in [0, 0.05) is 84.1 Å². The Morgan fingerprint density at radius 2 is 1.46 bits per heavy atom. The van der Waals surface area contributed by atoms with Crippen molar-refractivity contribution in [2.75, 3.05) is 26.3 Å². The van der Waals surface area contributed by atoms with Gasteiger partial charge in [-0.3, -0.25) is 14.4 Å². The Bertz CT molecular complexity index is 903. The number of ketones is 1. The van der Waals surface area contributed by atoms with E-state index in [1.165, 1.54) is 25.1 Å². The van der Waals surface area contributed by atoms with Crippen LogP contribution < -0.4 is 20.1 Å². The Hall–Kier alpha value is -1.63. The van der Waals surface area contributed by atoms with E-state index < -0.39 is 30.9 Å². The first kappa shape index (κ1) is 33.4. The minimum absolute atomic E-state index is 0. The molecule has 1 aliphatic carbocycles. The molecule has 2 radical (unpaired) electrons. The van der Waals surface area contributed by atoms with E-state index in [4.69, 9.17) is 19.7 Å². The number of carbonyl (C=O) groups excluding carboxylic acids is 3. The van der Waals surface area contributed by atoms with Gasteiger partial charge in [0.25, 0.3) is 0 Å². The van der Waals surface area contributed by atoms with E-state index in [-0.39, 0.29) is 100 Å². The van der Waals surface area contributed by atoms with E-state index in [9.17, 15) is 24.0 Å². The zero-order valence-electron chi connectivity index (χ0n) is 20.3. The summed E-state index contributed by atoms with van der Waals surface area (Å²) in [5, 5.41) is 23.0. The number of amides is 2. The van der Waals surface area contributed by atoms with Crippen LogP contribution in [0.25, 0.3) is 0 Å². The van der Waals surface area contributed by atoms with Gasteiger partial charge in [0.15, 0.2) is 30.5 Å². The van der Waals surface area contributed by atoms with Crippen LogP contribution >= 0.6 is 0 Å². The van der Waals surface area contributed by atoms with Crippen LogP contribution in [0, 0.1) is 11.8 Å². The molecule has 1 aliphatic rings. The predicted molar refractivity (Wildman–Crippen MR) is 126 cm³/mol. The molecule has 35 heavy (non-hydrogen) atoms. The summed E-state index contributed by atoms with van der Waals surface area (Å²) < 4.78 is 10.2. The second kappa shape index (κ2) is 16.9. The summed E-state index contributed by atoms with van der Waals surface area (Å²) in [6, 6.07) is 3.94. The fourth-order valence-corrected chi connectivity index (χ4v) is 3.52. The van der Waals surface area contributed by atoms with Gasteiger partial charge in [-0.05, 0) is 49.8 Å². The van der Waals surface area contributed by atoms with Crippen molar-refractivity contribution in [1.29, 1.82) is 0 Å². The van der Waals surface area contributed by atoms with Crippen molar-refractivity contribution in [3.8, 4) is 11.5 Å². The maximum absolute atomic E-state index is 12.5. The summed E-state index contributed by atoms with van der Waals surface area (Å²) in [5.74, 6) is -3.17. The summed E-state index contributed by atoms with van der Waals surface area (Å²) in [6.07, 6.45) is 2.98. The zero-order chi connectivity index (χ0) is 24.4. The summed E-state index contributed by atoms with van der Waals surface area (Å²) in [5.41, 5.74) is 0.150. The van der Waals surface area contributed by atoms with Crippen molar-refractivity contribution in [2.45, 2.75) is 32.6 Å². The second-order valence-corrected chi connectivity index (χ2v) is 7.82. The van der Waals surface area contributed by atoms with E-state index in [2.05, 4.69) is 10.6 Å². The minimum Gasteiger partial charge on any atom is -0.479 e. The van der Waals surface area contributed by atoms with Gasteiger partial charge in [0.2, 0.25) is 11.8 Å². The van der Waals surface area contributed by atoms with Crippen LogP contribution in [0.3, 0.4) is 0 Å². The Kier molecular flexibility index (Phi) is 16.1. The third kappa shape index (κ3) is 12.2. The third-order valence-electron chi connectivity index (χ3n) is 5.25. The number of Topliss-reactive ketones (excluding diaryl/α,β-unsaturated/α-hetero) is 1. The van der Waals surface area contributed by atoms with Crippen molar-refractivity contribution in [3.63, 3.8) is 0 Å². The summed E-state index contributed by atoms with van der Waals surface area (Å²) >= 11 is 0. The number of carboxylic acid groups (broad SMARTS) is 2. The van der Waals surface area contributed by atoms with E-state index in [0.717, 1.165) is 12.8 Å². The summed E-state index contributed by atoms with van der Waals surface area (Å²) in [7, 11) is 0. The molecule has 0 atom stereocenters. The van der Waals surface area contributed by atoms with Crippen LogP contribution in [0.5, 0.6) is 11.5 Å². The van der Waals surface area contributed by atoms with Crippen molar-refractivity contribution in [3.05, 3.63) is 23.8 Å². The number of carboxylic acids is 2. The summed E-state index contributed by atoms with van der Waals surface area (Å²) in [4.78, 5) is 57.5. The molecule has 13 heteroatoms. The molecule has 1 saturated carbocycles. The predicted octanol–water partition coefficient (Wildman–Crippen LogP) is 0.0932. The molecular formula is C22H28N2Na2O9. The zero-order valence-corrected chi connectivity index (χ0v) is 24.3. The average Bonchev–Trinajstić information content (AvgIpc) is 2.78. The quantitative estimate of drug-likeness (QED) is 0.225. The fourth-order valence-electron chi connectivity index (χ4n) is 3.52. The van der Waals surface area contributed by atoms with Gasteiger partial charge in [-0.15, -0.1) is 0 Å². The molecule has 0 unspecified atom stereocenters. The second-order valence-electron chi connectivity index (χ2n) is 7.82. The van der Waals surface area contributed by atoms with E-state index in [0.29, 0.717) is 25.3 Å². The smallest absolute Gasteiger partial charge is 0.341 e. The van der Waals surface area contributed by atoms with Gasteiger partial charge < -0.3 is 30.3 Å². The number of ether oxygens (including phenoxy) is 2. The molecule has 1 fully saturated rings. The maximum Gasteiger partial charge on any atom is 0.341 e. The van der Waals surface area contributed by atoms with Crippen LogP contribution in [0.4, 0.5) is 0 Å². The first-order chi connectivity index (χ1) is 15.7. The van der Waals surface area contributed by atoms with Crippen molar-refractivity contribution in [2.24, 2.45) is 11.8 Å². The molecule has 4 N–H and O–H groups in total. The first-order valence-corrected chi connectivity index (χ1v) is 10.5. The Morgan fingerprint density at radius 1 is 0.886 bits per heavy atom. The molecule has 0 saturated heterocycles. The standard InChI is InChI=1S/C22H28N2O9.2Na/c1-13(25)23-9-14-2-4-15(5-3-14)22(31)24-10-17(26)16-6-7-18(32-11-20(27)28)19(8-16)33-12-21(29)30;;/h6-8,14-15H,2-5,9-12H2,1H3,(H,23,25)(H,24,31)(H,27,28)(H,29,30);;. The molecular weight excluding hydrogens is 482 g/mol. The van der Waals surface area contributed by atoms with Crippen LogP contribution in [0.15, 0.2) is 18.2 Å². The van der Waals surface area contributed by atoms with Crippen molar-refractivity contribution in [1.82, 2.24) is 10.6 Å². The van der Waals surface area contributed by atoms with Gasteiger partial charge >= 0.3 is 11.9 Å². The average molecular weight is 510 g/mol. The molecule has 0 aliphatic heterocycles. The minimum atomic E-state index is -1.25. The number of hydrogen-bond acceptors (Lipinski definition) is 7. The van der Waals surface area contributed by atoms with E-state index in [1.54, 1.807) is 0 Å². The largest absolute Gasteiger partial charge is 0.479 e. The molecule has 0 heterocycles. The monoisotopic (exact) mass is 510 g/mol. The normalized spacial score (nSPS) is 16.5. The topological polar surface area (TPSA) is 168 Å². The van der Waals surface area contributed by atoms with Gasteiger partial charge in [-0.2, -0.15) is 0 Å². The summed E-state index contributed by atoms with van der Waals surface area (Å²) in [6.45, 7) is 0.440. The first-order valence-electron chi connectivity index (χ1n) is 10.5. The van der Waals surface area contributed by atoms with E-state index >= 15 is 0 Å². The number of benzene rings is 1. The number of carbonyl (C=O) groups is 5. The Balaban J connectivity index is 0.00000578. The molecule has 11 nitrogen and oxygen atoms in total. The SMILES string of the molecule is CC(=O)NCC1CCC(C(=O)NCC(=O)c2ccc(OCC(=O)O)c(OCC(=O)O)c2)CC1.[Na].[Na]. The molecule has 1 aromatic rings. The van der Waals surface area contributed by atoms with Gasteiger partial charge in [-0.1, -0.05) is 0 Å². The number of aliphatic carboxylic acids is 2. The van der Waals surface area contributed by atoms with Crippen LogP contribution in [0.1, 0.15) is 43.0 Å². The molecule has 0 aromatic heterocycles. The molecule has 0 spiro atoms. The molecule has 2 amide bonds. The third-order valence-corrected chi connectivity index (χ3v) is 5.25. The molecule has 182 valence electrons. The molecule has 1 aromatic carbocycles. The Labute approximate surface area is 247 Å². The fraction of sp³-hybridized carbons (Fsp3) is 0.500.